The number of hydrogen-bond acceptors (Lipinski definition) is 5. The Hall–Kier alpha value is -1.83. The van der Waals surface area contributed by atoms with Crippen LogP contribution in [0.1, 0.15) is 11.3 Å². The summed E-state index contributed by atoms with van der Waals surface area (Å²) in [6.07, 6.45) is 0. The predicted molar refractivity (Wildman–Crippen MR) is 73.6 cm³/mol. The maximum Gasteiger partial charge on any atom is 0.273 e. The molecule has 0 aliphatic heterocycles. The highest BCUT2D eigenvalue weighted by molar-refractivity contribution is 7.89. The van der Waals surface area contributed by atoms with Crippen molar-refractivity contribution in [1.82, 2.24) is 10.0 Å². The van der Waals surface area contributed by atoms with Crippen LogP contribution in [0.5, 0.6) is 5.75 Å². The lowest BCUT2D eigenvalue weighted by molar-refractivity contribution is 0.399. The fraction of sp³-hybridized carbons (Fsp3) is 0.231. The third-order valence-corrected chi connectivity index (χ3v) is 4.06. The minimum Gasteiger partial charge on any atom is -0.508 e. The van der Waals surface area contributed by atoms with Gasteiger partial charge in [-0.25, -0.2) is 13.1 Å². The normalized spacial score (nSPS) is 11.7. The molecule has 1 aromatic carbocycles. The van der Waals surface area contributed by atoms with Gasteiger partial charge in [-0.3, -0.25) is 0 Å². The Morgan fingerprint density at radius 1 is 1.15 bits per heavy atom. The molecule has 6 nitrogen and oxygen atoms in total. The van der Waals surface area contributed by atoms with Crippen LogP contribution in [0.2, 0.25) is 0 Å². The van der Waals surface area contributed by atoms with E-state index in [9.17, 15) is 13.5 Å². The first kappa shape index (κ1) is 14.6. The molecule has 7 heteroatoms. The molecule has 0 atom stereocenters. The van der Waals surface area contributed by atoms with E-state index in [4.69, 9.17) is 4.42 Å². The Labute approximate surface area is 117 Å². The molecule has 3 N–H and O–H groups in total. The smallest absolute Gasteiger partial charge is 0.273 e. The van der Waals surface area contributed by atoms with Crippen LogP contribution in [0.4, 0.5) is 0 Å². The summed E-state index contributed by atoms with van der Waals surface area (Å²) < 4.78 is 30.4. The second kappa shape index (κ2) is 6.08. The number of hydrogen-bond donors (Lipinski definition) is 3. The molecule has 0 spiro atoms. The van der Waals surface area contributed by atoms with Crippen LogP contribution < -0.4 is 10.0 Å². The summed E-state index contributed by atoms with van der Waals surface area (Å²) in [5.74, 6) is 0.729. The van der Waals surface area contributed by atoms with Gasteiger partial charge in [-0.2, -0.15) is 0 Å². The zero-order chi connectivity index (χ0) is 14.6. The van der Waals surface area contributed by atoms with Crippen molar-refractivity contribution in [1.29, 1.82) is 0 Å². The lowest BCUT2D eigenvalue weighted by Crippen LogP contribution is -2.17. The summed E-state index contributed by atoms with van der Waals surface area (Å²) in [4.78, 5) is 0. The molecule has 0 radical (unpaired) electrons. The number of phenolic OH excluding ortho intramolecular Hbond substituents is 1. The number of furan rings is 1. The number of phenols is 1. The van der Waals surface area contributed by atoms with E-state index < -0.39 is 10.0 Å². The van der Waals surface area contributed by atoms with Gasteiger partial charge in [0.25, 0.3) is 10.0 Å². The molecule has 2 rings (SSSR count). The van der Waals surface area contributed by atoms with Crippen molar-refractivity contribution in [3.8, 4) is 5.75 Å². The lowest BCUT2D eigenvalue weighted by Gasteiger charge is -2.05. The Bertz CT molecular complexity index is 679. The van der Waals surface area contributed by atoms with E-state index >= 15 is 0 Å². The van der Waals surface area contributed by atoms with Gasteiger partial charge in [-0.1, -0.05) is 18.2 Å². The molecule has 0 saturated heterocycles. The Balaban J connectivity index is 1.94. The standard InChI is InChI=1S/C13H16N2O4S/c1-14-20(17,18)13-7-6-11(19-13)9-15-8-10-4-2-3-5-12(10)16/h2-7,14-16H,8-9H2,1H3. The van der Waals surface area contributed by atoms with E-state index in [1.54, 1.807) is 24.3 Å². The highest BCUT2D eigenvalue weighted by atomic mass is 32.2. The molecule has 0 aliphatic carbocycles. The third-order valence-electron chi connectivity index (χ3n) is 2.78. The molecule has 0 amide bonds. The molecule has 0 bridgehead atoms. The van der Waals surface area contributed by atoms with Gasteiger partial charge in [0.2, 0.25) is 5.09 Å². The Morgan fingerprint density at radius 2 is 1.90 bits per heavy atom. The minimum absolute atomic E-state index is 0.112. The third kappa shape index (κ3) is 3.38. The molecule has 108 valence electrons. The van der Waals surface area contributed by atoms with Gasteiger partial charge < -0.3 is 14.8 Å². The summed E-state index contributed by atoms with van der Waals surface area (Å²) in [7, 11) is -2.22. The number of nitrogens with one attached hydrogen (secondary N) is 2. The van der Waals surface area contributed by atoms with Crippen LogP contribution in [0.25, 0.3) is 0 Å². The molecular weight excluding hydrogens is 280 g/mol. The molecule has 0 fully saturated rings. The molecule has 0 aliphatic rings. The van der Waals surface area contributed by atoms with Crippen molar-refractivity contribution in [2.24, 2.45) is 0 Å². The number of benzene rings is 1. The molecule has 1 heterocycles. The zero-order valence-corrected chi connectivity index (χ0v) is 11.8. The quantitative estimate of drug-likeness (QED) is 0.744. The van der Waals surface area contributed by atoms with E-state index in [-0.39, 0.29) is 10.8 Å². The van der Waals surface area contributed by atoms with Crippen molar-refractivity contribution < 1.29 is 17.9 Å². The molecule has 20 heavy (non-hydrogen) atoms. The zero-order valence-electron chi connectivity index (χ0n) is 11.0. The average molecular weight is 296 g/mol. The second-order valence-corrected chi connectivity index (χ2v) is 5.98. The van der Waals surface area contributed by atoms with Gasteiger partial charge >= 0.3 is 0 Å². The van der Waals surface area contributed by atoms with Crippen molar-refractivity contribution in [2.45, 2.75) is 18.2 Å². The first-order chi connectivity index (χ1) is 9.53. The second-order valence-electron chi connectivity index (χ2n) is 4.16. The van der Waals surface area contributed by atoms with E-state index in [1.807, 2.05) is 6.07 Å². The van der Waals surface area contributed by atoms with Crippen molar-refractivity contribution in [3.63, 3.8) is 0 Å². The van der Waals surface area contributed by atoms with Gasteiger partial charge in [-0.05, 0) is 25.2 Å². The van der Waals surface area contributed by atoms with Crippen molar-refractivity contribution >= 4 is 10.0 Å². The SMILES string of the molecule is CNS(=O)(=O)c1ccc(CNCc2ccccc2O)o1. The first-order valence-electron chi connectivity index (χ1n) is 6.03. The maximum atomic E-state index is 11.5. The largest absolute Gasteiger partial charge is 0.508 e. The van der Waals surface area contributed by atoms with Gasteiger partial charge in [0.05, 0.1) is 6.54 Å². The summed E-state index contributed by atoms with van der Waals surface area (Å²) >= 11 is 0. The maximum absolute atomic E-state index is 11.5. The number of rotatable bonds is 6. The fourth-order valence-electron chi connectivity index (χ4n) is 1.68. The average Bonchev–Trinajstić information content (AvgIpc) is 2.90. The van der Waals surface area contributed by atoms with E-state index in [2.05, 4.69) is 10.0 Å². The topological polar surface area (TPSA) is 91.6 Å². The fourth-order valence-corrected chi connectivity index (χ4v) is 2.34. The minimum atomic E-state index is -3.55. The van der Waals surface area contributed by atoms with Crippen molar-refractivity contribution in [2.75, 3.05) is 7.05 Å². The van der Waals surface area contributed by atoms with Crippen molar-refractivity contribution in [3.05, 3.63) is 47.7 Å². The van der Waals surface area contributed by atoms with E-state index in [0.717, 1.165) is 5.56 Å². The van der Waals surface area contributed by atoms with Crippen LogP contribution in [0.3, 0.4) is 0 Å². The number of sulfonamides is 1. The van der Waals surface area contributed by atoms with E-state index in [1.165, 1.54) is 13.1 Å². The van der Waals surface area contributed by atoms with Crippen LogP contribution >= 0.6 is 0 Å². The lowest BCUT2D eigenvalue weighted by atomic mass is 10.2. The number of para-hydroxylation sites is 1. The number of aromatic hydroxyl groups is 1. The highest BCUT2D eigenvalue weighted by Crippen LogP contribution is 2.16. The first-order valence-corrected chi connectivity index (χ1v) is 7.51. The Kier molecular flexibility index (Phi) is 4.43. The molecule has 2 aromatic rings. The van der Waals surface area contributed by atoms with Crippen LogP contribution in [-0.2, 0) is 23.1 Å². The van der Waals surface area contributed by atoms with Crippen LogP contribution in [0, 0.1) is 0 Å². The van der Waals surface area contributed by atoms with E-state index in [0.29, 0.717) is 18.8 Å². The predicted octanol–water partition coefficient (Wildman–Crippen LogP) is 1.18. The molecular formula is C13H16N2O4S. The molecule has 0 saturated carbocycles. The summed E-state index contributed by atoms with van der Waals surface area (Å²) in [5, 5.41) is 12.6. The van der Waals surface area contributed by atoms with Gasteiger partial charge in [0.15, 0.2) is 0 Å². The summed E-state index contributed by atoms with van der Waals surface area (Å²) in [6, 6.07) is 10.0. The monoisotopic (exact) mass is 296 g/mol. The van der Waals surface area contributed by atoms with Crippen LogP contribution in [0.15, 0.2) is 45.9 Å². The highest BCUT2D eigenvalue weighted by Gasteiger charge is 2.16. The van der Waals surface area contributed by atoms with Gasteiger partial charge in [-0.15, -0.1) is 0 Å². The van der Waals surface area contributed by atoms with Gasteiger partial charge in [0.1, 0.15) is 11.5 Å². The summed E-state index contributed by atoms with van der Waals surface area (Å²) in [5.41, 5.74) is 0.766. The van der Waals surface area contributed by atoms with Gasteiger partial charge in [0, 0.05) is 12.1 Å². The molecule has 1 aromatic heterocycles. The Morgan fingerprint density at radius 3 is 2.60 bits per heavy atom. The molecule has 0 unspecified atom stereocenters. The summed E-state index contributed by atoms with van der Waals surface area (Å²) in [6.45, 7) is 0.828. The van der Waals surface area contributed by atoms with Crippen LogP contribution in [-0.4, -0.2) is 20.6 Å².